The van der Waals surface area contributed by atoms with Crippen molar-refractivity contribution in [3.63, 3.8) is 0 Å². The van der Waals surface area contributed by atoms with E-state index in [2.05, 4.69) is 6.58 Å². The van der Waals surface area contributed by atoms with Crippen molar-refractivity contribution in [3.8, 4) is 0 Å². The van der Waals surface area contributed by atoms with Crippen LogP contribution in [0.5, 0.6) is 0 Å². The highest BCUT2D eigenvalue weighted by atomic mass is 19.1. The summed E-state index contributed by atoms with van der Waals surface area (Å²) in [4.78, 5) is 1.72. The summed E-state index contributed by atoms with van der Waals surface area (Å²) in [6.07, 6.45) is 4.51. The Kier molecular flexibility index (Phi) is 4.27. The molecule has 0 aliphatic heterocycles. The average Bonchev–Trinajstić information content (AvgIpc) is 1.98. The number of halogens is 1. The summed E-state index contributed by atoms with van der Waals surface area (Å²) in [7, 11) is 3.60. The monoisotopic (exact) mass is 155 g/mol. The molecule has 0 N–H and O–H groups in total. The Morgan fingerprint density at radius 1 is 1.45 bits per heavy atom. The minimum absolute atomic E-state index is 0.227. The van der Waals surface area contributed by atoms with E-state index in [0.29, 0.717) is 5.70 Å². The van der Waals surface area contributed by atoms with Crippen molar-refractivity contribution < 1.29 is 4.39 Å². The molecule has 0 aromatic rings. The highest BCUT2D eigenvalue weighted by molar-refractivity contribution is 5.19. The predicted molar refractivity (Wildman–Crippen MR) is 46.8 cm³/mol. The van der Waals surface area contributed by atoms with Crippen LogP contribution in [0.4, 0.5) is 4.39 Å². The molecule has 0 unspecified atom stereocenters. The molecule has 0 rings (SSSR count). The van der Waals surface area contributed by atoms with Crippen molar-refractivity contribution in [1.82, 2.24) is 4.90 Å². The molecule has 0 spiro atoms. The van der Waals surface area contributed by atoms with E-state index in [9.17, 15) is 4.39 Å². The second kappa shape index (κ2) is 4.72. The molecule has 11 heavy (non-hydrogen) atoms. The average molecular weight is 155 g/mol. The Bertz CT molecular complexity index is 190. The van der Waals surface area contributed by atoms with E-state index < -0.39 is 0 Å². The molecule has 0 amide bonds. The smallest absolute Gasteiger partial charge is 0.141 e. The molecule has 0 aromatic heterocycles. The topological polar surface area (TPSA) is 3.24 Å². The Balaban J connectivity index is 4.39. The first-order valence-electron chi connectivity index (χ1n) is 3.42. The second-order valence-electron chi connectivity index (χ2n) is 2.42. The van der Waals surface area contributed by atoms with Crippen molar-refractivity contribution in [2.75, 3.05) is 14.1 Å². The number of hydrogen-bond acceptors (Lipinski definition) is 1. The van der Waals surface area contributed by atoms with Crippen molar-refractivity contribution in [1.29, 1.82) is 0 Å². The fourth-order valence-corrected chi connectivity index (χ4v) is 0.487. The first-order valence-corrected chi connectivity index (χ1v) is 3.42. The van der Waals surface area contributed by atoms with E-state index in [4.69, 9.17) is 0 Å². The van der Waals surface area contributed by atoms with Crippen molar-refractivity contribution in [3.05, 3.63) is 36.3 Å². The SMILES string of the molecule is C=C/C=C\C(F)=C(/C)N(C)C. The zero-order valence-electron chi connectivity index (χ0n) is 7.26. The van der Waals surface area contributed by atoms with E-state index in [0.717, 1.165) is 0 Å². The maximum atomic E-state index is 12.9. The highest BCUT2D eigenvalue weighted by Crippen LogP contribution is 2.08. The van der Waals surface area contributed by atoms with Gasteiger partial charge in [0.15, 0.2) is 0 Å². The van der Waals surface area contributed by atoms with Crippen LogP contribution in [0.2, 0.25) is 0 Å². The number of rotatable bonds is 3. The van der Waals surface area contributed by atoms with Crippen LogP contribution in [-0.2, 0) is 0 Å². The Labute approximate surface area is 67.5 Å². The molecular weight excluding hydrogens is 141 g/mol. The molecule has 0 bridgehead atoms. The molecule has 0 aromatic carbocycles. The van der Waals surface area contributed by atoms with Crippen molar-refractivity contribution in [2.24, 2.45) is 0 Å². The second-order valence-corrected chi connectivity index (χ2v) is 2.42. The van der Waals surface area contributed by atoms with E-state index >= 15 is 0 Å². The molecule has 0 saturated heterocycles. The lowest BCUT2D eigenvalue weighted by Crippen LogP contribution is -2.09. The maximum absolute atomic E-state index is 12.9. The lowest BCUT2D eigenvalue weighted by molar-refractivity contribution is 0.480. The van der Waals surface area contributed by atoms with Gasteiger partial charge in [0, 0.05) is 19.8 Å². The van der Waals surface area contributed by atoms with Crippen LogP contribution in [0.15, 0.2) is 36.3 Å². The maximum Gasteiger partial charge on any atom is 0.141 e. The summed E-state index contributed by atoms with van der Waals surface area (Å²) < 4.78 is 12.9. The van der Waals surface area contributed by atoms with Gasteiger partial charge in [-0.1, -0.05) is 18.7 Å². The van der Waals surface area contributed by atoms with Crippen LogP contribution >= 0.6 is 0 Å². The molecule has 1 nitrogen and oxygen atoms in total. The van der Waals surface area contributed by atoms with Gasteiger partial charge >= 0.3 is 0 Å². The third-order valence-electron chi connectivity index (χ3n) is 1.40. The summed E-state index contributed by atoms with van der Waals surface area (Å²) in [5.74, 6) is -0.227. The van der Waals surface area contributed by atoms with Crippen LogP contribution in [-0.4, -0.2) is 19.0 Å². The van der Waals surface area contributed by atoms with E-state index in [1.807, 2.05) is 0 Å². The zero-order chi connectivity index (χ0) is 8.85. The molecule has 62 valence electrons. The molecule has 0 saturated carbocycles. The predicted octanol–water partition coefficient (Wildman–Crippen LogP) is 2.49. The highest BCUT2D eigenvalue weighted by Gasteiger charge is 1.97. The summed E-state index contributed by atoms with van der Waals surface area (Å²) in [5.41, 5.74) is 0.614. The minimum atomic E-state index is -0.227. The first-order chi connectivity index (χ1) is 5.09. The molecule has 2 heteroatoms. The zero-order valence-corrected chi connectivity index (χ0v) is 7.26. The Hall–Kier alpha value is -1.05. The van der Waals surface area contributed by atoms with Crippen molar-refractivity contribution in [2.45, 2.75) is 6.92 Å². The van der Waals surface area contributed by atoms with E-state index in [1.165, 1.54) is 6.08 Å². The van der Waals surface area contributed by atoms with Crippen LogP contribution in [0.3, 0.4) is 0 Å². The largest absolute Gasteiger partial charge is 0.379 e. The fourth-order valence-electron chi connectivity index (χ4n) is 0.487. The number of hydrogen-bond donors (Lipinski definition) is 0. The molecular formula is C9H14FN. The van der Waals surface area contributed by atoms with Crippen LogP contribution in [0.1, 0.15) is 6.92 Å². The van der Waals surface area contributed by atoms with E-state index in [-0.39, 0.29) is 5.83 Å². The fraction of sp³-hybridized carbons (Fsp3) is 0.333. The lowest BCUT2D eigenvalue weighted by atomic mass is 10.3. The minimum Gasteiger partial charge on any atom is -0.379 e. The summed E-state index contributed by atoms with van der Waals surface area (Å²) in [6, 6.07) is 0. The summed E-state index contributed by atoms with van der Waals surface area (Å²) >= 11 is 0. The normalized spacial score (nSPS) is 13.1. The summed E-state index contributed by atoms with van der Waals surface area (Å²) in [5, 5.41) is 0. The molecule has 0 fully saturated rings. The number of allylic oxidation sites excluding steroid dienone is 5. The van der Waals surface area contributed by atoms with Gasteiger partial charge in [-0.3, -0.25) is 0 Å². The van der Waals surface area contributed by atoms with Gasteiger partial charge in [0.05, 0.1) is 0 Å². The standard InChI is InChI=1S/C9H14FN/c1-5-6-7-9(10)8(2)11(3)4/h5-7H,1H2,2-4H3/b7-6-,9-8-. The van der Waals surface area contributed by atoms with Gasteiger partial charge in [-0.25, -0.2) is 4.39 Å². The van der Waals surface area contributed by atoms with Crippen molar-refractivity contribution >= 4 is 0 Å². The quantitative estimate of drug-likeness (QED) is 0.566. The third-order valence-corrected chi connectivity index (χ3v) is 1.40. The molecule has 0 aliphatic rings. The molecule has 0 atom stereocenters. The van der Waals surface area contributed by atoms with Gasteiger partial charge < -0.3 is 4.90 Å². The van der Waals surface area contributed by atoms with Gasteiger partial charge in [-0.2, -0.15) is 0 Å². The van der Waals surface area contributed by atoms with Gasteiger partial charge in [0.1, 0.15) is 5.83 Å². The van der Waals surface area contributed by atoms with Gasteiger partial charge in [0.2, 0.25) is 0 Å². The molecule has 0 radical (unpaired) electrons. The van der Waals surface area contributed by atoms with Gasteiger partial charge in [-0.05, 0) is 13.0 Å². The summed E-state index contributed by atoms with van der Waals surface area (Å²) in [6.45, 7) is 5.17. The third kappa shape index (κ3) is 3.61. The van der Waals surface area contributed by atoms with Crippen LogP contribution in [0, 0.1) is 0 Å². The molecule has 0 heterocycles. The Morgan fingerprint density at radius 2 is 2.00 bits per heavy atom. The molecule has 0 aliphatic carbocycles. The first kappa shape index (κ1) is 9.95. The van der Waals surface area contributed by atoms with Gasteiger partial charge in [-0.15, -0.1) is 0 Å². The van der Waals surface area contributed by atoms with Crippen LogP contribution < -0.4 is 0 Å². The number of nitrogens with zero attached hydrogens (tertiary/aromatic N) is 1. The lowest BCUT2D eigenvalue weighted by Gasteiger charge is -2.12. The van der Waals surface area contributed by atoms with Crippen LogP contribution in [0.25, 0.3) is 0 Å². The van der Waals surface area contributed by atoms with Gasteiger partial charge in [0.25, 0.3) is 0 Å². The van der Waals surface area contributed by atoms with E-state index in [1.54, 1.807) is 38.1 Å². The Morgan fingerprint density at radius 3 is 2.36 bits per heavy atom.